The first-order valence-corrected chi connectivity index (χ1v) is 12.3. The van der Waals surface area contributed by atoms with Gasteiger partial charge in [-0.05, 0) is 37.2 Å². The number of fused-ring (bicyclic) bond motifs is 2. The third kappa shape index (κ3) is 4.92. The summed E-state index contributed by atoms with van der Waals surface area (Å²) < 4.78 is 25.0. The van der Waals surface area contributed by atoms with E-state index in [9.17, 15) is 19.1 Å². The second kappa shape index (κ2) is 10.2. The van der Waals surface area contributed by atoms with Crippen molar-refractivity contribution in [2.75, 3.05) is 36.2 Å². The zero-order valence-electron chi connectivity index (χ0n) is 19.4. The van der Waals surface area contributed by atoms with Crippen LogP contribution in [0.4, 0.5) is 20.6 Å². The van der Waals surface area contributed by atoms with E-state index in [0.717, 1.165) is 11.1 Å². The van der Waals surface area contributed by atoms with E-state index < -0.39 is 24.1 Å². The molecule has 188 valence electrons. The molecule has 0 saturated carbocycles. The normalized spacial score (nSPS) is 18.1. The van der Waals surface area contributed by atoms with Crippen LogP contribution in [0.3, 0.4) is 0 Å². The smallest absolute Gasteiger partial charge is 0.414 e. The van der Waals surface area contributed by atoms with Crippen LogP contribution in [0.2, 0.25) is 0 Å². The van der Waals surface area contributed by atoms with Crippen molar-refractivity contribution < 1.29 is 28.6 Å². The molecular weight excluding hydrogens is 489 g/mol. The van der Waals surface area contributed by atoms with E-state index in [1.807, 2.05) is 6.07 Å². The highest BCUT2D eigenvalue weighted by Crippen LogP contribution is 2.35. The van der Waals surface area contributed by atoms with Crippen molar-refractivity contribution >= 4 is 46.2 Å². The van der Waals surface area contributed by atoms with Gasteiger partial charge in [-0.2, -0.15) is 0 Å². The standard InChI is InChI=1S/C24H24FN5O5S/c1-34-22-5-3-16-23(29-22)14(15(25)10-27-16)9-26-7-6-18(31)19-11-30(24(33)35-19)13-2-4-20-17(8-13)28-21(32)12-36-20/h2-5,8,10,18-19,26,31H,6-7,9,11-12H2,1H3,(H,28,32)/t18-,19?/m1/s1. The molecule has 2 amide bonds. The number of rotatable bonds is 8. The summed E-state index contributed by atoms with van der Waals surface area (Å²) in [5, 5.41) is 16.6. The minimum absolute atomic E-state index is 0.0935. The second-order valence-electron chi connectivity index (χ2n) is 8.39. The van der Waals surface area contributed by atoms with Gasteiger partial charge in [0.05, 0.1) is 42.9 Å². The summed E-state index contributed by atoms with van der Waals surface area (Å²) in [6.45, 7) is 0.699. The fourth-order valence-corrected chi connectivity index (χ4v) is 4.93. The van der Waals surface area contributed by atoms with Crippen LogP contribution in [0.1, 0.15) is 12.0 Å². The summed E-state index contributed by atoms with van der Waals surface area (Å²) >= 11 is 1.44. The Hall–Kier alpha value is -3.48. The van der Waals surface area contributed by atoms with E-state index in [0.29, 0.717) is 46.1 Å². The number of nitrogens with one attached hydrogen (secondary N) is 2. The van der Waals surface area contributed by atoms with Crippen molar-refractivity contribution in [1.82, 2.24) is 15.3 Å². The fraction of sp³-hybridized carbons (Fsp3) is 0.333. The average Bonchev–Trinajstić information content (AvgIpc) is 3.28. The van der Waals surface area contributed by atoms with Crippen molar-refractivity contribution in [2.24, 2.45) is 0 Å². The summed E-state index contributed by atoms with van der Waals surface area (Å²) in [6, 6.07) is 8.74. The number of cyclic esters (lactones) is 1. The average molecular weight is 514 g/mol. The van der Waals surface area contributed by atoms with Crippen LogP contribution in [0, 0.1) is 5.82 Å². The fourth-order valence-electron chi connectivity index (χ4n) is 4.14. The van der Waals surface area contributed by atoms with E-state index in [1.54, 1.807) is 24.3 Å². The van der Waals surface area contributed by atoms with Gasteiger partial charge in [-0.1, -0.05) is 0 Å². The molecule has 2 atom stereocenters. The predicted molar refractivity (Wildman–Crippen MR) is 132 cm³/mol. The topological polar surface area (TPSA) is 126 Å². The zero-order chi connectivity index (χ0) is 25.2. The van der Waals surface area contributed by atoms with Crippen LogP contribution >= 0.6 is 11.8 Å². The maximum atomic E-state index is 14.4. The molecule has 2 aliphatic heterocycles. The number of carbonyl (C=O) groups excluding carboxylic acids is 2. The number of pyridine rings is 2. The molecule has 0 radical (unpaired) electrons. The summed E-state index contributed by atoms with van der Waals surface area (Å²) in [6.07, 6.45) is -0.767. The molecule has 5 rings (SSSR count). The van der Waals surface area contributed by atoms with Crippen LogP contribution in [0.25, 0.3) is 11.0 Å². The number of aliphatic hydroxyl groups is 1. The van der Waals surface area contributed by atoms with E-state index in [2.05, 4.69) is 20.6 Å². The summed E-state index contributed by atoms with van der Waals surface area (Å²) in [4.78, 5) is 34.9. The summed E-state index contributed by atoms with van der Waals surface area (Å²) in [5.74, 6) is 0.134. The van der Waals surface area contributed by atoms with Gasteiger partial charge in [-0.25, -0.2) is 14.2 Å². The third-order valence-corrected chi connectivity index (χ3v) is 7.11. The van der Waals surface area contributed by atoms with Gasteiger partial charge in [-0.15, -0.1) is 11.8 Å². The SMILES string of the molecule is COc1ccc2ncc(F)c(CNCC[C@@H](O)C3CN(c4ccc5c(c4)NC(=O)CS5)C(=O)O3)c2n1. The molecule has 1 unspecified atom stereocenters. The Bertz CT molecular complexity index is 1330. The Morgan fingerprint density at radius 2 is 2.22 bits per heavy atom. The lowest BCUT2D eigenvalue weighted by Crippen LogP contribution is -2.33. The van der Waals surface area contributed by atoms with Gasteiger partial charge in [0.25, 0.3) is 0 Å². The number of aliphatic hydroxyl groups excluding tert-OH is 1. The van der Waals surface area contributed by atoms with Gasteiger partial charge in [0.2, 0.25) is 11.8 Å². The van der Waals surface area contributed by atoms with E-state index >= 15 is 0 Å². The van der Waals surface area contributed by atoms with Crippen LogP contribution in [-0.4, -0.2) is 65.2 Å². The lowest BCUT2D eigenvalue weighted by atomic mass is 10.1. The molecule has 1 aromatic carbocycles. The Balaban J connectivity index is 1.17. The van der Waals surface area contributed by atoms with E-state index in [-0.39, 0.29) is 25.4 Å². The Kier molecular flexibility index (Phi) is 6.90. The number of amides is 2. The lowest BCUT2D eigenvalue weighted by Gasteiger charge is -2.20. The first-order valence-electron chi connectivity index (χ1n) is 11.3. The van der Waals surface area contributed by atoms with Crippen molar-refractivity contribution in [1.29, 1.82) is 0 Å². The number of ether oxygens (including phenoxy) is 2. The van der Waals surface area contributed by atoms with Crippen molar-refractivity contribution in [3.63, 3.8) is 0 Å². The number of methoxy groups -OCH3 is 1. The molecule has 0 aliphatic carbocycles. The second-order valence-corrected chi connectivity index (χ2v) is 9.41. The largest absolute Gasteiger partial charge is 0.481 e. The Labute approximate surface area is 210 Å². The van der Waals surface area contributed by atoms with E-state index in [1.165, 1.54) is 23.8 Å². The first-order chi connectivity index (χ1) is 17.4. The zero-order valence-corrected chi connectivity index (χ0v) is 20.2. The van der Waals surface area contributed by atoms with Gasteiger partial charge >= 0.3 is 6.09 Å². The van der Waals surface area contributed by atoms with Crippen molar-refractivity contribution in [2.45, 2.75) is 30.1 Å². The summed E-state index contributed by atoms with van der Waals surface area (Å²) in [7, 11) is 1.49. The van der Waals surface area contributed by atoms with Crippen molar-refractivity contribution in [3.05, 3.63) is 47.9 Å². The Morgan fingerprint density at radius 3 is 3.06 bits per heavy atom. The van der Waals surface area contributed by atoms with Crippen LogP contribution in [0.5, 0.6) is 5.88 Å². The molecule has 3 N–H and O–H groups in total. The molecule has 12 heteroatoms. The molecular formula is C24H24FN5O5S. The number of halogens is 1. The number of hydrogen-bond acceptors (Lipinski definition) is 9. The minimum atomic E-state index is -0.920. The van der Waals surface area contributed by atoms with Crippen molar-refractivity contribution in [3.8, 4) is 5.88 Å². The molecule has 2 aliphatic rings. The Morgan fingerprint density at radius 1 is 1.36 bits per heavy atom. The first kappa shape index (κ1) is 24.2. The minimum Gasteiger partial charge on any atom is -0.481 e. The van der Waals surface area contributed by atoms with Gasteiger partial charge in [0.1, 0.15) is 17.4 Å². The number of benzene rings is 1. The molecule has 36 heavy (non-hydrogen) atoms. The van der Waals surface area contributed by atoms with Gasteiger partial charge in [-0.3, -0.25) is 14.7 Å². The molecule has 0 spiro atoms. The molecule has 10 nitrogen and oxygen atoms in total. The molecule has 1 fully saturated rings. The van der Waals surface area contributed by atoms with Crippen LogP contribution < -0.4 is 20.3 Å². The number of anilines is 2. The van der Waals surface area contributed by atoms with Crippen LogP contribution in [0.15, 0.2) is 41.4 Å². The van der Waals surface area contributed by atoms with Gasteiger partial charge < -0.3 is 25.2 Å². The summed E-state index contributed by atoms with van der Waals surface area (Å²) in [5.41, 5.74) is 2.54. The number of nitrogens with zero attached hydrogens (tertiary/aromatic N) is 3. The molecule has 2 aromatic heterocycles. The highest BCUT2D eigenvalue weighted by atomic mass is 32.2. The highest BCUT2D eigenvalue weighted by Gasteiger charge is 2.37. The van der Waals surface area contributed by atoms with Gasteiger partial charge in [0, 0.05) is 28.8 Å². The number of aromatic nitrogens is 2. The number of thioether (sulfide) groups is 1. The van der Waals surface area contributed by atoms with E-state index in [4.69, 9.17) is 9.47 Å². The predicted octanol–water partition coefficient (Wildman–Crippen LogP) is 2.69. The monoisotopic (exact) mass is 513 g/mol. The lowest BCUT2D eigenvalue weighted by molar-refractivity contribution is -0.113. The van der Waals surface area contributed by atoms with Gasteiger partial charge in [0.15, 0.2) is 0 Å². The number of carbonyl (C=O) groups is 2. The van der Waals surface area contributed by atoms with Crippen LogP contribution in [-0.2, 0) is 16.1 Å². The molecule has 3 aromatic rings. The molecule has 1 saturated heterocycles. The number of hydrogen-bond donors (Lipinski definition) is 3. The quantitative estimate of drug-likeness (QED) is 0.390. The molecule has 4 heterocycles. The maximum Gasteiger partial charge on any atom is 0.414 e. The molecule has 0 bridgehead atoms. The third-order valence-electron chi connectivity index (χ3n) is 6.04. The highest BCUT2D eigenvalue weighted by molar-refractivity contribution is 8.00. The maximum absolute atomic E-state index is 14.4.